The van der Waals surface area contributed by atoms with Gasteiger partial charge in [0.15, 0.2) is 6.10 Å². The standard InChI is InChI=1S/C22H25NO4/c1-4-17-10-13-19(14-11-17)23-22(25)16(3)27-21(24)15-12-18-8-6-7-9-20(18)26-5-2/h6-16H,4-5H2,1-3H3,(H,23,25)/b15-12+/t16-/m1/s1. The van der Waals surface area contributed by atoms with Crippen LogP contribution >= 0.6 is 0 Å². The highest BCUT2D eigenvalue weighted by molar-refractivity contribution is 5.96. The number of hydrogen-bond donors (Lipinski definition) is 1. The third-order valence-electron chi connectivity index (χ3n) is 3.91. The number of aryl methyl sites for hydroxylation is 1. The molecule has 5 heteroatoms. The monoisotopic (exact) mass is 367 g/mol. The highest BCUT2D eigenvalue weighted by Gasteiger charge is 2.16. The summed E-state index contributed by atoms with van der Waals surface area (Å²) in [5.41, 5.74) is 2.62. The Kier molecular flexibility index (Phi) is 7.62. The van der Waals surface area contributed by atoms with Gasteiger partial charge in [-0.3, -0.25) is 4.79 Å². The fraction of sp³-hybridized carbons (Fsp3) is 0.273. The van der Waals surface area contributed by atoms with Crippen LogP contribution in [0.4, 0.5) is 5.69 Å². The van der Waals surface area contributed by atoms with Crippen LogP contribution in [0.15, 0.2) is 54.6 Å². The summed E-state index contributed by atoms with van der Waals surface area (Å²) < 4.78 is 10.7. The lowest BCUT2D eigenvalue weighted by Crippen LogP contribution is -2.29. The second-order valence-corrected chi connectivity index (χ2v) is 5.92. The minimum absolute atomic E-state index is 0.379. The average molecular weight is 367 g/mol. The van der Waals surface area contributed by atoms with Gasteiger partial charge >= 0.3 is 5.97 Å². The van der Waals surface area contributed by atoms with E-state index in [1.165, 1.54) is 18.6 Å². The first-order valence-electron chi connectivity index (χ1n) is 9.03. The van der Waals surface area contributed by atoms with Crippen molar-refractivity contribution < 1.29 is 19.1 Å². The van der Waals surface area contributed by atoms with Crippen LogP contribution in [0, 0.1) is 0 Å². The molecule has 0 aliphatic rings. The Labute approximate surface area is 160 Å². The molecule has 1 amide bonds. The van der Waals surface area contributed by atoms with Crippen molar-refractivity contribution in [2.45, 2.75) is 33.3 Å². The quantitative estimate of drug-likeness (QED) is 0.560. The summed E-state index contributed by atoms with van der Waals surface area (Å²) in [6.45, 7) is 6.03. The van der Waals surface area contributed by atoms with E-state index in [-0.39, 0.29) is 5.91 Å². The Balaban J connectivity index is 1.91. The second-order valence-electron chi connectivity index (χ2n) is 5.92. The number of ether oxygens (including phenoxy) is 2. The molecule has 1 atom stereocenters. The van der Waals surface area contributed by atoms with Crippen LogP contribution in [0.1, 0.15) is 31.9 Å². The highest BCUT2D eigenvalue weighted by Crippen LogP contribution is 2.19. The van der Waals surface area contributed by atoms with Gasteiger partial charge in [0.05, 0.1) is 6.61 Å². The summed E-state index contributed by atoms with van der Waals surface area (Å²) in [7, 11) is 0. The number of carbonyl (C=O) groups is 2. The maximum absolute atomic E-state index is 12.2. The van der Waals surface area contributed by atoms with Gasteiger partial charge in [-0.15, -0.1) is 0 Å². The SMILES string of the molecule is CCOc1ccccc1/C=C/C(=O)O[C@H](C)C(=O)Nc1ccc(CC)cc1. The van der Waals surface area contributed by atoms with E-state index in [0.717, 1.165) is 12.0 Å². The minimum atomic E-state index is -0.907. The van der Waals surface area contributed by atoms with Crippen molar-refractivity contribution in [3.05, 3.63) is 65.7 Å². The molecular weight excluding hydrogens is 342 g/mol. The molecule has 27 heavy (non-hydrogen) atoms. The van der Waals surface area contributed by atoms with E-state index in [0.29, 0.717) is 18.0 Å². The number of carbonyl (C=O) groups excluding carboxylic acids is 2. The number of amides is 1. The Bertz CT molecular complexity index is 796. The van der Waals surface area contributed by atoms with Gasteiger partial charge < -0.3 is 14.8 Å². The summed E-state index contributed by atoms with van der Waals surface area (Å²) in [5, 5.41) is 2.74. The van der Waals surface area contributed by atoms with E-state index in [9.17, 15) is 9.59 Å². The molecule has 0 fully saturated rings. The molecule has 0 heterocycles. The van der Waals surface area contributed by atoms with Crippen molar-refractivity contribution in [2.24, 2.45) is 0 Å². The zero-order chi connectivity index (χ0) is 19.6. The minimum Gasteiger partial charge on any atom is -0.493 e. The molecule has 0 aliphatic carbocycles. The fourth-order valence-corrected chi connectivity index (χ4v) is 2.40. The van der Waals surface area contributed by atoms with Gasteiger partial charge in [-0.05, 0) is 50.1 Å². The first-order chi connectivity index (χ1) is 13.0. The summed E-state index contributed by atoms with van der Waals surface area (Å²) in [6.07, 6.45) is 2.93. The van der Waals surface area contributed by atoms with Gasteiger partial charge in [-0.2, -0.15) is 0 Å². The van der Waals surface area contributed by atoms with Gasteiger partial charge in [0.1, 0.15) is 5.75 Å². The number of anilines is 1. The van der Waals surface area contributed by atoms with E-state index in [4.69, 9.17) is 9.47 Å². The van der Waals surface area contributed by atoms with E-state index >= 15 is 0 Å². The lowest BCUT2D eigenvalue weighted by Gasteiger charge is -2.12. The lowest BCUT2D eigenvalue weighted by atomic mass is 10.1. The number of nitrogens with one attached hydrogen (secondary N) is 1. The number of rotatable bonds is 8. The topological polar surface area (TPSA) is 64.6 Å². The molecule has 0 saturated carbocycles. The summed E-state index contributed by atoms with van der Waals surface area (Å²) in [4.78, 5) is 24.2. The maximum Gasteiger partial charge on any atom is 0.331 e. The largest absolute Gasteiger partial charge is 0.493 e. The Morgan fingerprint density at radius 2 is 1.78 bits per heavy atom. The molecule has 2 aromatic carbocycles. The van der Waals surface area contributed by atoms with Crippen LogP contribution in [0.3, 0.4) is 0 Å². The normalized spacial score (nSPS) is 11.8. The van der Waals surface area contributed by atoms with Crippen molar-refractivity contribution >= 4 is 23.6 Å². The van der Waals surface area contributed by atoms with E-state index in [2.05, 4.69) is 12.2 Å². The number of para-hydroxylation sites is 1. The van der Waals surface area contributed by atoms with Crippen molar-refractivity contribution in [1.29, 1.82) is 0 Å². The van der Waals surface area contributed by atoms with Crippen LogP contribution < -0.4 is 10.1 Å². The molecular formula is C22H25NO4. The van der Waals surface area contributed by atoms with Crippen LogP contribution in [0.25, 0.3) is 6.08 Å². The zero-order valence-corrected chi connectivity index (χ0v) is 15.9. The van der Waals surface area contributed by atoms with Crippen molar-refractivity contribution in [2.75, 3.05) is 11.9 Å². The molecule has 0 bridgehead atoms. The van der Waals surface area contributed by atoms with Crippen LogP contribution in [0.5, 0.6) is 5.75 Å². The highest BCUT2D eigenvalue weighted by atomic mass is 16.5. The number of benzene rings is 2. The molecule has 0 radical (unpaired) electrons. The molecule has 0 unspecified atom stereocenters. The predicted octanol–water partition coefficient (Wildman–Crippen LogP) is 4.23. The Hall–Kier alpha value is -3.08. The van der Waals surface area contributed by atoms with E-state index in [1.807, 2.05) is 55.5 Å². The van der Waals surface area contributed by atoms with Gasteiger partial charge in [0, 0.05) is 17.3 Å². The van der Waals surface area contributed by atoms with Gasteiger partial charge in [-0.1, -0.05) is 37.3 Å². The molecule has 2 aromatic rings. The summed E-state index contributed by atoms with van der Waals surface area (Å²) >= 11 is 0. The third kappa shape index (κ3) is 6.29. The number of hydrogen-bond acceptors (Lipinski definition) is 4. The first kappa shape index (κ1) is 20.2. The van der Waals surface area contributed by atoms with Crippen LogP contribution in [-0.4, -0.2) is 24.6 Å². The Morgan fingerprint density at radius 3 is 2.44 bits per heavy atom. The lowest BCUT2D eigenvalue weighted by molar-refractivity contribution is -0.148. The second kappa shape index (κ2) is 10.2. The molecule has 5 nitrogen and oxygen atoms in total. The number of esters is 1. The average Bonchev–Trinajstić information content (AvgIpc) is 2.68. The van der Waals surface area contributed by atoms with Crippen LogP contribution in [-0.2, 0) is 20.7 Å². The molecule has 2 rings (SSSR count). The zero-order valence-electron chi connectivity index (χ0n) is 15.9. The van der Waals surface area contributed by atoms with Crippen LogP contribution in [0.2, 0.25) is 0 Å². The molecule has 0 saturated heterocycles. The molecule has 0 aromatic heterocycles. The third-order valence-corrected chi connectivity index (χ3v) is 3.91. The van der Waals surface area contributed by atoms with Gasteiger partial charge in [0.2, 0.25) is 0 Å². The smallest absolute Gasteiger partial charge is 0.331 e. The van der Waals surface area contributed by atoms with E-state index in [1.54, 1.807) is 6.08 Å². The molecule has 1 N–H and O–H groups in total. The van der Waals surface area contributed by atoms with Crippen molar-refractivity contribution in [3.8, 4) is 5.75 Å². The fourth-order valence-electron chi connectivity index (χ4n) is 2.40. The van der Waals surface area contributed by atoms with Crippen molar-refractivity contribution in [1.82, 2.24) is 0 Å². The molecule has 0 aliphatic heterocycles. The summed E-state index contributed by atoms with van der Waals surface area (Å²) in [5.74, 6) is -0.286. The van der Waals surface area contributed by atoms with Gasteiger partial charge in [-0.25, -0.2) is 4.79 Å². The molecule has 0 spiro atoms. The molecule has 142 valence electrons. The van der Waals surface area contributed by atoms with Crippen molar-refractivity contribution in [3.63, 3.8) is 0 Å². The first-order valence-corrected chi connectivity index (χ1v) is 9.03. The maximum atomic E-state index is 12.2. The van der Waals surface area contributed by atoms with Gasteiger partial charge in [0.25, 0.3) is 5.91 Å². The predicted molar refractivity (Wildman–Crippen MR) is 107 cm³/mol. The summed E-state index contributed by atoms with van der Waals surface area (Å²) in [6, 6.07) is 14.9. The van der Waals surface area contributed by atoms with E-state index < -0.39 is 12.1 Å². The Morgan fingerprint density at radius 1 is 1.07 bits per heavy atom.